The summed E-state index contributed by atoms with van der Waals surface area (Å²) in [7, 11) is 0. The van der Waals surface area contributed by atoms with Crippen molar-refractivity contribution in [2.75, 3.05) is 0 Å². The van der Waals surface area contributed by atoms with Crippen molar-refractivity contribution < 1.29 is 14.3 Å². The molecule has 1 aromatic rings. The lowest BCUT2D eigenvalue weighted by molar-refractivity contribution is 0.0201. The van der Waals surface area contributed by atoms with E-state index < -0.39 is 11.8 Å². The number of carbonyl (C=O) groups excluding carboxylic acids is 1. The highest BCUT2D eigenvalue weighted by molar-refractivity contribution is 5.66. The summed E-state index contributed by atoms with van der Waals surface area (Å²) in [6, 6.07) is 6.17. The molecule has 3 nitrogen and oxygen atoms in total. The summed E-state index contributed by atoms with van der Waals surface area (Å²) in [6.45, 7) is 12.0. The predicted octanol–water partition coefficient (Wildman–Crippen LogP) is 5.64. The average molecular weight is 304 g/mol. The summed E-state index contributed by atoms with van der Waals surface area (Å²) in [5.74, 6) is 2.12. The van der Waals surface area contributed by atoms with Gasteiger partial charge in [-0.05, 0) is 62.5 Å². The SMILES string of the molecule is CC(C)c1cccc(C(C)C2CC2)c1OC(=O)OC(C)(C)C. The van der Waals surface area contributed by atoms with Crippen molar-refractivity contribution >= 4 is 6.16 Å². The van der Waals surface area contributed by atoms with E-state index in [0.29, 0.717) is 23.5 Å². The van der Waals surface area contributed by atoms with Crippen LogP contribution in [0, 0.1) is 5.92 Å². The van der Waals surface area contributed by atoms with Gasteiger partial charge in [0.25, 0.3) is 0 Å². The van der Waals surface area contributed by atoms with Crippen molar-refractivity contribution in [3.8, 4) is 5.75 Å². The summed E-state index contributed by atoms with van der Waals surface area (Å²) in [5.41, 5.74) is 1.64. The van der Waals surface area contributed by atoms with Gasteiger partial charge in [-0.2, -0.15) is 0 Å². The first-order valence-corrected chi connectivity index (χ1v) is 8.22. The fraction of sp³-hybridized carbons (Fsp3) is 0.632. The Kier molecular flexibility index (Phi) is 4.84. The van der Waals surface area contributed by atoms with Gasteiger partial charge in [0.05, 0.1) is 0 Å². The van der Waals surface area contributed by atoms with Crippen LogP contribution in [-0.2, 0) is 4.74 Å². The molecule has 3 heteroatoms. The van der Waals surface area contributed by atoms with E-state index in [0.717, 1.165) is 11.1 Å². The third kappa shape index (κ3) is 4.25. The Labute approximate surface area is 134 Å². The van der Waals surface area contributed by atoms with Crippen LogP contribution in [0.25, 0.3) is 0 Å². The van der Waals surface area contributed by atoms with E-state index in [1.807, 2.05) is 26.8 Å². The number of hydrogen-bond donors (Lipinski definition) is 0. The normalized spacial score (nSPS) is 16.5. The van der Waals surface area contributed by atoms with Crippen molar-refractivity contribution in [2.24, 2.45) is 5.92 Å². The van der Waals surface area contributed by atoms with Crippen LogP contribution in [0.3, 0.4) is 0 Å². The topological polar surface area (TPSA) is 35.5 Å². The van der Waals surface area contributed by atoms with Gasteiger partial charge in [-0.15, -0.1) is 0 Å². The zero-order valence-electron chi connectivity index (χ0n) is 14.6. The van der Waals surface area contributed by atoms with Crippen LogP contribution in [0.2, 0.25) is 0 Å². The molecule has 122 valence electrons. The number of para-hydroxylation sites is 1. The predicted molar refractivity (Wildman–Crippen MR) is 88.5 cm³/mol. The van der Waals surface area contributed by atoms with Crippen LogP contribution in [-0.4, -0.2) is 11.8 Å². The molecule has 0 amide bonds. The molecule has 0 bridgehead atoms. The maximum Gasteiger partial charge on any atom is 0.514 e. The molecule has 0 aromatic heterocycles. The van der Waals surface area contributed by atoms with Crippen molar-refractivity contribution in [3.05, 3.63) is 29.3 Å². The van der Waals surface area contributed by atoms with Crippen molar-refractivity contribution in [2.45, 2.75) is 71.8 Å². The van der Waals surface area contributed by atoms with E-state index in [1.165, 1.54) is 12.8 Å². The second kappa shape index (κ2) is 6.31. The van der Waals surface area contributed by atoms with Gasteiger partial charge in [0.15, 0.2) is 0 Å². The van der Waals surface area contributed by atoms with Crippen molar-refractivity contribution in [1.82, 2.24) is 0 Å². The molecule has 0 radical (unpaired) electrons. The lowest BCUT2D eigenvalue weighted by Crippen LogP contribution is -2.26. The summed E-state index contributed by atoms with van der Waals surface area (Å²) in [5, 5.41) is 0. The van der Waals surface area contributed by atoms with E-state index in [2.05, 4.69) is 32.9 Å². The minimum atomic E-state index is -0.621. The first-order valence-electron chi connectivity index (χ1n) is 8.22. The highest BCUT2D eigenvalue weighted by Crippen LogP contribution is 2.46. The van der Waals surface area contributed by atoms with Crippen LogP contribution in [0.15, 0.2) is 18.2 Å². The minimum absolute atomic E-state index is 0.295. The van der Waals surface area contributed by atoms with E-state index >= 15 is 0 Å². The maximum absolute atomic E-state index is 12.1. The molecular formula is C19H28O3. The number of hydrogen-bond acceptors (Lipinski definition) is 3. The zero-order chi connectivity index (χ0) is 16.5. The second-order valence-corrected chi connectivity index (χ2v) is 7.61. The summed E-state index contributed by atoms with van der Waals surface area (Å²) >= 11 is 0. The van der Waals surface area contributed by atoms with Gasteiger partial charge in [0.1, 0.15) is 11.4 Å². The molecule has 1 unspecified atom stereocenters. The molecular weight excluding hydrogens is 276 g/mol. The Morgan fingerprint density at radius 1 is 1.14 bits per heavy atom. The molecule has 1 aliphatic rings. The largest absolute Gasteiger partial charge is 0.514 e. The number of ether oxygens (including phenoxy) is 2. The third-order valence-electron chi connectivity index (χ3n) is 4.09. The minimum Gasteiger partial charge on any atom is -0.428 e. The first-order chi connectivity index (χ1) is 10.2. The van der Waals surface area contributed by atoms with E-state index in [1.54, 1.807) is 0 Å². The maximum atomic E-state index is 12.1. The third-order valence-corrected chi connectivity index (χ3v) is 4.09. The molecule has 1 aliphatic carbocycles. The monoisotopic (exact) mass is 304 g/mol. The molecule has 1 atom stereocenters. The van der Waals surface area contributed by atoms with Gasteiger partial charge in [-0.3, -0.25) is 0 Å². The molecule has 2 rings (SSSR count). The van der Waals surface area contributed by atoms with Gasteiger partial charge >= 0.3 is 6.16 Å². The molecule has 0 spiro atoms. The highest BCUT2D eigenvalue weighted by atomic mass is 16.7. The Hall–Kier alpha value is -1.51. The Morgan fingerprint density at radius 3 is 2.23 bits per heavy atom. The zero-order valence-corrected chi connectivity index (χ0v) is 14.6. The van der Waals surface area contributed by atoms with Gasteiger partial charge in [-0.1, -0.05) is 39.0 Å². The van der Waals surface area contributed by atoms with E-state index in [4.69, 9.17) is 9.47 Å². The molecule has 0 saturated heterocycles. The molecule has 1 fully saturated rings. The fourth-order valence-corrected chi connectivity index (χ4v) is 2.71. The standard InChI is InChI=1S/C19H28O3/c1-12(2)15-8-7-9-16(13(3)14-10-11-14)17(15)21-18(20)22-19(4,5)6/h7-9,12-14H,10-11H2,1-6H3. The van der Waals surface area contributed by atoms with E-state index in [9.17, 15) is 4.79 Å². The Morgan fingerprint density at radius 2 is 1.73 bits per heavy atom. The Bertz CT molecular complexity index is 536. The smallest absolute Gasteiger partial charge is 0.428 e. The van der Waals surface area contributed by atoms with Gasteiger partial charge in [-0.25, -0.2) is 4.79 Å². The van der Waals surface area contributed by atoms with Gasteiger partial charge in [0.2, 0.25) is 0 Å². The van der Waals surface area contributed by atoms with Crippen LogP contribution < -0.4 is 4.74 Å². The van der Waals surface area contributed by atoms with Crippen LogP contribution in [0.1, 0.15) is 77.3 Å². The molecule has 1 saturated carbocycles. The average Bonchev–Trinajstić information content (AvgIpc) is 3.19. The number of carbonyl (C=O) groups is 1. The van der Waals surface area contributed by atoms with Crippen LogP contribution >= 0.6 is 0 Å². The Balaban J connectivity index is 2.31. The summed E-state index contributed by atoms with van der Waals surface area (Å²) in [4.78, 5) is 12.1. The number of benzene rings is 1. The highest BCUT2D eigenvalue weighted by Gasteiger charge is 2.32. The molecule has 0 N–H and O–H groups in total. The summed E-state index contributed by atoms with van der Waals surface area (Å²) in [6.07, 6.45) is 1.91. The molecule has 22 heavy (non-hydrogen) atoms. The second-order valence-electron chi connectivity index (χ2n) is 7.61. The van der Waals surface area contributed by atoms with Crippen molar-refractivity contribution in [1.29, 1.82) is 0 Å². The van der Waals surface area contributed by atoms with Crippen molar-refractivity contribution in [3.63, 3.8) is 0 Å². The van der Waals surface area contributed by atoms with Crippen LogP contribution in [0.5, 0.6) is 5.75 Å². The quantitative estimate of drug-likeness (QED) is 0.533. The number of rotatable bonds is 4. The van der Waals surface area contributed by atoms with Gasteiger partial charge < -0.3 is 9.47 Å². The lowest BCUT2D eigenvalue weighted by Gasteiger charge is -2.23. The lowest BCUT2D eigenvalue weighted by atomic mass is 9.90. The summed E-state index contributed by atoms with van der Waals surface area (Å²) < 4.78 is 11.0. The first kappa shape index (κ1) is 16.9. The van der Waals surface area contributed by atoms with E-state index in [-0.39, 0.29) is 0 Å². The molecule has 0 aliphatic heterocycles. The van der Waals surface area contributed by atoms with Crippen LogP contribution in [0.4, 0.5) is 4.79 Å². The molecule has 1 aromatic carbocycles. The van der Waals surface area contributed by atoms with Gasteiger partial charge in [0, 0.05) is 0 Å². The fourth-order valence-electron chi connectivity index (χ4n) is 2.71. The molecule has 0 heterocycles.